The number of benzene rings is 1. The molecule has 0 saturated heterocycles. The van der Waals surface area contributed by atoms with E-state index in [1.165, 1.54) is 13.2 Å². The molecule has 1 aliphatic rings. The van der Waals surface area contributed by atoms with Gasteiger partial charge in [-0.1, -0.05) is 12.2 Å². The third kappa shape index (κ3) is 1.84. The first-order valence-corrected chi connectivity index (χ1v) is 7.07. The fourth-order valence-corrected chi connectivity index (χ4v) is 3.38. The van der Waals surface area contributed by atoms with Gasteiger partial charge in [-0.2, -0.15) is 0 Å². The third-order valence-corrected chi connectivity index (χ3v) is 5.21. The van der Waals surface area contributed by atoms with Crippen molar-refractivity contribution in [2.24, 2.45) is 0 Å². The summed E-state index contributed by atoms with van der Waals surface area (Å²) in [6, 6.07) is 3.10. The molecule has 1 unspecified atom stereocenters. The van der Waals surface area contributed by atoms with Crippen LogP contribution >= 0.6 is 0 Å². The van der Waals surface area contributed by atoms with E-state index in [-0.39, 0.29) is 4.90 Å². The summed E-state index contributed by atoms with van der Waals surface area (Å²) in [7, 11) is -2.12. The Labute approximate surface area is 106 Å². The molecule has 0 saturated carbocycles. The van der Waals surface area contributed by atoms with E-state index < -0.39 is 21.1 Å². The minimum atomic E-state index is -3.40. The van der Waals surface area contributed by atoms with Crippen molar-refractivity contribution in [1.29, 1.82) is 0 Å². The largest absolute Gasteiger partial charge is 0.465 e. The highest BCUT2D eigenvalue weighted by Gasteiger charge is 2.28. The molecule has 0 fully saturated rings. The average molecular weight is 266 g/mol. The summed E-state index contributed by atoms with van der Waals surface area (Å²) in [6.07, 6.45) is 3.42. The molecule has 2 rings (SSSR count). The summed E-state index contributed by atoms with van der Waals surface area (Å²) < 4.78 is 29.0. The Kier molecular flexibility index (Phi) is 3.02. The zero-order valence-corrected chi connectivity index (χ0v) is 11.2. The summed E-state index contributed by atoms with van der Waals surface area (Å²) in [4.78, 5) is 11.8. The first kappa shape index (κ1) is 12.8. The van der Waals surface area contributed by atoms with Crippen molar-refractivity contribution < 1.29 is 17.9 Å². The standard InChI is InChI=1S/C13H14O4S/c1-8-6-10-5-4-9(2)18(15,16)12(10)7-11(8)13(14)17-3/h4-7,9H,1-3H3. The van der Waals surface area contributed by atoms with Crippen LogP contribution in [0, 0.1) is 6.92 Å². The third-order valence-electron chi connectivity index (χ3n) is 3.10. The number of aryl methyl sites for hydroxylation is 1. The second kappa shape index (κ2) is 4.24. The van der Waals surface area contributed by atoms with Crippen molar-refractivity contribution in [2.45, 2.75) is 24.0 Å². The van der Waals surface area contributed by atoms with E-state index in [2.05, 4.69) is 4.74 Å². The SMILES string of the molecule is COC(=O)c1cc2c(cc1C)C=CC(C)S2(=O)=O. The zero-order valence-electron chi connectivity index (χ0n) is 10.4. The second-order valence-electron chi connectivity index (χ2n) is 4.31. The van der Waals surface area contributed by atoms with Gasteiger partial charge in [-0.25, -0.2) is 13.2 Å². The summed E-state index contributed by atoms with van der Waals surface area (Å²) in [5.74, 6) is -0.521. The summed E-state index contributed by atoms with van der Waals surface area (Å²) in [5.41, 5.74) is 1.62. The van der Waals surface area contributed by atoms with Crippen LogP contribution < -0.4 is 0 Å². The van der Waals surface area contributed by atoms with Crippen molar-refractivity contribution in [3.05, 3.63) is 34.9 Å². The second-order valence-corrected chi connectivity index (χ2v) is 6.58. The highest BCUT2D eigenvalue weighted by molar-refractivity contribution is 7.92. The number of carbonyl (C=O) groups is 1. The summed E-state index contributed by atoms with van der Waals surface area (Å²) in [6.45, 7) is 3.37. The van der Waals surface area contributed by atoms with Crippen LogP contribution in [-0.4, -0.2) is 26.7 Å². The Balaban J connectivity index is 2.72. The van der Waals surface area contributed by atoms with E-state index in [0.717, 1.165) is 0 Å². The van der Waals surface area contributed by atoms with Crippen molar-refractivity contribution >= 4 is 21.9 Å². The lowest BCUT2D eigenvalue weighted by molar-refractivity contribution is 0.0599. The van der Waals surface area contributed by atoms with Crippen LogP contribution in [0.1, 0.15) is 28.4 Å². The number of hydrogen-bond acceptors (Lipinski definition) is 4. The van der Waals surface area contributed by atoms with Crippen LogP contribution in [0.3, 0.4) is 0 Å². The Bertz CT molecular complexity index is 641. The molecule has 4 nitrogen and oxygen atoms in total. The van der Waals surface area contributed by atoms with E-state index in [1.807, 2.05) is 0 Å². The Morgan fingerprint density at radius 1 is 1.33 bits per heavy atom. The molecule has 0 amide bonds. The summed E-state index contributed by atoms with van der Waals surface area (Å²) >= 11 is 0. The van der Waals surface area contributed by atoms with Crippen LogP contribution in [0.2, 0.25) is 0 Å². The van der Waals surface area contributed by atoms with Crippen molar-refractivity contribution in [3.63, 3.8) is 0 Å². The van der Waals surface area contributed by atoms with Gasteiger partial charge in [0.05, 0.1) is 22.8 Å². The average Bonchev–Trinajstić information content (AvgIpc) is 2.33. The number of methoxy groups -OCH3 is 1. The van der Waals surface area contributed by atoms with Gasteiger partial charge in [-0.05, 0) is 37.1 Å². The lowest BCUT2D eigenvalue weighted by Crippen LogP contribution is -2.20. The molecule has 0 aliphatic carbocycles. The Morgan fingerprint density at radius 3 is 2.61 bits per heavy atom. The summed E-state index contributed by atoms with van der Waals surface area (Å²) in [5, 5.41) is -0.571. The fourth-order valence-electron chi connectivity index (χ4n) is 1.96. The minimum Gasteiger partial charge on any atom is -0.465 e. The molecule has 0 aromatic heterocycles. The van der Waals surface area contributed by atoms with Gasteiger partial charge in [0, 0.05) is 0 Å². The number of sulfone groups is 1. The van der Waals surface area contributed by atoms with Gasteiger partial charge in [0.2, 0.25) is 0 Å². The first-order chi connectivity index (χ1) is 8.37. The molecule has 0 radical (unpaired) electrons. The van der Waals surface area contributed by atoms with Crippen molar-refractivity contribution in [2.75, 3.05) is 7.11 Å². The van der Waals surface area contributed by atoms with Gasteiger partial charge < -0.3 is 4.74 Å². The van der Waals surface area contributed by atoms with Gasteiger partial charge in [-0.15, -0.1) is 0 Å². The van der Waals surface area contributed by atoms with Crippen molar-refractivity contribution in [1.82, 2.24) is 0 Å². The number of rotatable bonds is 1. The van der Waals surface area contributed by atoms with E-state index in [0.29, 0.717) is 16.7 Å². The molecule has 5 heteroatoms. The molecule has 18 heavy (non-hydrogen) atoms. The number of fused-ring (bicyclic) bond motifs is 1. The molecule has 1 aliphatic heterocycles. The quantitative estimate of drug-likeness (QED) is 0.729. The maximum absolute atomic E-state index is 12.2. The van der Waals surface area contributed by atoms with Gasteiger partial charge in [0.1, 0.15) is 0 Å². The predicted octanol–water partition coefficient (Wildman–Crippen LogP) is 1.97. The van der Waals surface area contributed by atoms with Crippen LogP contribution in [0.4, 0.5) is 0 Å². The van der Waals surface area contributed by atoms with E-state index >= 15 is 0 Å². The van der Waals surface area contributed by atoms with E-state index in [4.69, 9.17) is 0 Å². The lowest BCUT2D eigenvalue weighted by atomic mass is 10.0. The molecule has 0 N–H and O–H groups in total. The van der Waals surface area contributed by atoms with Gasteiger partial charge in [0.25, 0.3) is 0 Å². The van der Waals surface area contributed by atoms with Crippen LogP contribution in [0.5, 0.6) is 0 Å². The molecule has 1 heterocycles. The topological polar surface area (TPSA) is 60.4 Å². The molecule has 96 valence electrons. The molecule has 0 spiro atoms. The Hall–Kier alpha value is -1.62. The molecular formula is C13H14O4S. The highest BCUT2D eigenvalue weighted by Crippen LogP contribution is 2.30. The Morgan fingerprint density at radius 2 is 2.00 bits per heavy atom. The number of hydrogen-bond donors (Lipinski definition) is 0. The highest BCUT2D eigenvalue weighted by atomic mass is 32.2. The first-order valence-electron chi connectivity index (χ1n) is 5.53. The zero-order chi connectivity index (χ0) is 13.5. The molecule has 1 atom stereocenters. The van der Waals surface area contributed by atoms with Gasteiger partial charge in [0.15, 0.2) is 9.84 Å². The minimum absolute atomic E-state index is 0.198. The monoisotopic (exact) mass is 266 g/mol. The van der Waals surface area contributed by atoms with Gasteiger partial charge in [-0.3, -0.25) is 0 Å². The molecule has 1 aromatic rings. The van der Waals surface area contributed by atoms with Crippen LogP contribution in [0.25, 0.3) is 6.08 Å². The molecule has 0 bridgehead atoms. The van der Waals surface area contributed by atoms with Gasteiger partial charge >= 0.3 is 5.97 Å². The normalized spacial score (nSPS) is 20.3. The maximum atomic E-state index is 12.2. The van der Waals surface area contributed by atoms with Crippen LogP contribution in [-0.2, 0) is 14.6 Å². The lowest BCUT2D eigenvalue weighted by Gasteiger charge is -2.18. The molecular weight excluding hydrogens is 252 g/mol. The van der Waals surface area contributed by atoms with E-state index in [9.17, 15) is 13.2 Å². The number of esters is 1. The number of carbonyl (C=O) groups excluding carboxylic acids is 1. The smallest absolute Gasteiger partial charge is 0.338 e. The predicted molar refractivity (Wildman–Crippen MR) is 68.2 cm³/mol. The molecule has 1 aromatic carbocycles. The van der Waals surface area contributed by atoms with Crippen molar-refractivity contribution in [3.8, 4) is 0 Å². The van der Waals surface area contributed by atoms with Crippen LogP contribution in [0.15, 0.2) is 23.1 Å². The fraction of sp³-hybridized carbons (Fsp3) is 0.308. The number of ether oxygens (including phenoxy) is 1. The van der Waals surface area contributed by atoms with E-state index in [1.54, 1.807) is 32.1 Å². The maximum Gasteiger partial charge on any atom is 0.338 e.